The van der Waals surface area contributed by atoms with Gasteiger partial charge in [0.05, 0.1) is 11.3 Å². The molecule has 0 radical (unpaired) electrons. The molecule has 3 rings (SSSR count). The highest BCUT2D eigenvalue weighted by Gasteiger charge is 2.21. The van der Waals surface area contributed by atoms with Crippen LogP contribution in [-0.2, 0) is 0 Å². The topological polar surface area (TPSA) is 110 Å². The van der Waals surface area contributed by atoms with Crippen LogP contribution in [0.25, 0.3) is 11.3 Å². The quantitative estimate of drug-likeness (QED) is 0.248. The normalized spacial score (nSPS) is 12.5. The molecule has 0 amide bonds. The predicted molar refractivity (Wildman–Crippen MR) is 151 cm³/mol. The number of benzene rings is 2. The van der Waals surface area contributed by atoms with E-state index >= 15 is 0 Å². The third kappa shape index (κ3) is 7.69. The molecule has 1 heterocycles. The summed E-state index contributed by atoms with van der Waals surface area (Å²) in [5.74, 6) is 0.191. The molecule has 0 aliphatic carbocycles. The van der Waals surface area contributed by atoms with E-state index in [9.17, 15) is 9.90 Å². The smallest absolute Gasteiger partial charge is 0.335 e. The minimum absolute atomic E-state index is 0.0931. The van der Waals surface area contributed by atoms with Gasteiger partial charge < -0.3 is 15.6 Å². The lowest BCUT2D eigenvalue weighted by atomic mass is 9.89. The summed E-state index contributed by atoms with van der Waals surface area (Å²) >= 11 is 1.25. The maximum absolute atomic E-state index is 11.4. The Hall–Kier alpha value is -3.10. The van der Waals surface area contributed by atoms with Crippen molar-refractivity contribution in [2.45, 2.75) is 71.7 Å². The molecule has 0 spiro atoms. The van der Waals surface area contributed by atoms with Crippen LogP contribution in [0.15, 0.2) is 47.4 Å². The van der Waals surface area contributed by atoms with Crippen molar-refractivity contribution in [1.82, 2.24) is 9.97 Å². The number of aromatic nitrogens is 2. The van der Waals surface area contributed by atoms with E-state index in [-0.39, 0.29) is 17.0 Å². The van der Waals surface area contributed by atoms with Crippen LogP contribution in [0.5, 0.6) is 5.88 Å². The molecule has 0 aliphatic rings. The highest BCUT2D eigenvalue weighted by Crippen LogP contribution is 2.37. The fraction of sp³-hybridized carbons (Fsp3) is 0.414. The van der Waals surface area contributed by atoms with E-state index in [0.717, 1.165) is 33.7 Å². The molecule has 1 aromatic heterocycles. The van der Waals surface area contributed by atoms with Crippen molar-refractivity contribution < 1.29 is 14.6 Å². The zero-order valence-electron chi connectivity index (χ0n) is 22.8. The number of carboxylic acid groups (broad SMARTS) is 1. The van der Waals surface area contributed by atoms with Gasteiger partial charge in [-0.05, 0) is 72.9 Å². The third-order valence-electron chi connectivity index (χ3n) is 5.91. The maximum Gasteiger partial charge on any atom is 0.335 e. The number of anilines is 1. The summed E-state index contributed by atoms with van der Waals surface area (Å²) in [6, 6.07) is 12.9. The Morgan fingerprint density at radius 3 is 2.49 bits per heavy atom. The van der Waals surface area contributed by atoms with Crippen molar-refractivity contribution >= 4 is 23.9 Å². The van der Waals surface area contributed by atoms with E-state index in [4.69, 9.17) is 15.5 Å². The first-order chi connectivity index (χ1) is 17.4. The number of hydrogen-bond acceptors (Lipinski definition) is 7. The lowest BCUT2D eigenvalue weighted by Gasteiger charge is -2.24. The number of nitrogens with two attached hydrogens (primary N) is 1. The fourth-order valence-corrected chi connectivity index (χ4v) is 4.88. The summed E-state index contributed by atoms with van der Waals surface area (Å²) in [7, 11) is 0. The Bertz CT molecular complexity index is 1250. The zero-order chi connectivity index (χ0) is 27.3. The third-order valence-corrected chi connectivity index (χ3v) is 6.69. The molecule has 3 aromatic rings. The van der Waals surface area contributed by atoms with Crippen molar-refractivity contribution in [2.24, 2.45) is 11.1 Å². The molecule has 0 bridgehead atoms. The molecule has 4 N–H and O–H groups in total. The number of aromatic carboxylic acids is 1. The molecule has 1 atom stereocenters. The molecular weight excluding hydrogens is 484 g/mol. The van der Waals surface area contributed by atoms with Gasteiger partial charge in [0.2, 0.25) is 11.8 Å². The minimum Gasteiger partial charge on any atom is -0.478 e. The van der Waals surface area contributed by atoms with Gasteiger partial charge >= 0.3 is 5.97 Å². The van der Waals surface area contributed by atoms with Crippen LogP contribution in [0.2, 0.25) is 0 Å². The molecule has 0 aliphatic heterocycles. The summed E-state index contributed by atoms with van der Waals surface area (Å²) in [6.07, 6.45) is 0.820. The summed E-state index contributed by atoms with van der Waals surface area (Å²) in [5, 5.41) is 9.31. The van der Waals surface area contributed by atoms with Crippen molar-refractivity contribution in [3.8, 4) is 17.1 Å². The molecule has 2 aromatic carbocycles. The first-order valence-electron chi connectivity index (χ1n) is 12.5. The Labute approximate surface area is 224 Å². The van der Waals surface area contributed by atoms with Gasteiger partial charge in [-0.15, -0.1) is 0 Å². The van der Waals surface area contributed by atoms with Crippen molar-refractivity contribution in [2.75, 3.05) is 11.3 Å². The second-order valence-corrected chi connectivity index (χ2v) is 11.8. The molecule has 8 heteroatoms. The molecule has 0 saturated carbocycles. The van der Waals surface area contributed by atoms with Gasteiger partial charge in [0.15, 0.2) is 0 Å². The van der Waals surface area contributed by atoms with Crippen LogP contribution < -0.4 is 15.2 Å². The summed E-state index contributed by atoms with van der Waals surface area (Å²) in [4.78, 5) is 21.7. The SMILES string of the molecule is Cc1cccc(C(C)C)c1-c1nc(NSc2cccc(C(=O)O)c2)nc(OC[C@H](N)CC(C)(C)C)c1C. The van der Waals surface area contributed by atoms with Gasteiger partial charge in [-0.25, -0.2) is 9.78 Å². The zero-order valence-corrected chi connectivity index (χ0v) is 23.6. The first kappa shape index (κ1) is 28.5. The molecule has 0 fully saturated rings. The van der Waals surface area contributed by atoms with E-state index in [1.165, 1.54) is 17.5 Å². The molecule has 0 saturated heterocycles. The number of rotatable bonds is 10. The Balaban J connectivity index is 2.01. The van der Waals surface area contributed by atoms with Crippen LogP contribution in [-0.4, -0.2) is 33.7 Å². The Morgan fingerprint density at radius 2 is 1.84 bits per heavy atom. The first-order valence-corrected chi connectivity index (χ1v) is 13.3. The van der Waals surface area contributed by atoms with Gasteiger partial charge in [-0.1, -0.05) is 58.9 Å². The summed E-state index contributed by atoms with van der Waals surface area (Å²) in [6.45, 7) is 15.2. The van der Waals surface area contributed by atoms with Crippen LogP contribution in [0, 0.1) is 19.3 Å². The average Bonchev–Trinajstić information content (AvgIpc) is 2.81. The lowest BCUT2D eigenvalue weighted by Crippen LogP contribution is -2.32. The van der Waals surface area contributed by atoms with E-state index in [1.807, 2.05) is 13.0 Å². The van der Waals surface area contributed by atoms with E-state index in [2.05, 4.69) is 69.4 Å². The molecule has 0 unspecified atom stereocenters. The van der Waals surface area contributed by atoms with Crippen LogP contribution >= 0.6 is 11.9 Å². The van der Waals surface area contributed by atoms with Crippen molar-refractivity contribution in [3.63, 3.8) is 0 Å². The second kappa shape index (κ2) is 12.0. The van der Waals surface area contributed by atoms with Gasteiger partial charge in [0.25, 0.3) is 0 Å². The molecular formula is C29H38N4O3S. The van der Waals surface area contributed by atoms with Crippen LogP contribution in [0.3, 0.4) is 0 Å². The number of ether oxygens (including phenoxy) is 1. The predicted octanol–water partition coefficient (Wildman–Crippen LogP) is 6.84. The largest absolute Gasteiger partial charge is 0.478 e. The van der Waals surface area contributed by atoms with E-state index in [0.29, 0.717) is 24.4 Å². The molecule has 198 valence electrons. The van der Waals surface area contributed by atoms with Gasteiger partial charge in [0.1, 0.15) is 6.61 Å². The summed E-state index contributed by atoms with van der Waals surface area (Å²) < 4.78 is 9.38. The number of carboxylic acids is 1. The Kier molecular flexibility index (Phi) is 9.21. The highest BCUT2D eigenvalue weighted by molar-refractivity contribution is 8.00. The molecule has 37 heavy (non-hydrogen) atoms. The van der Waals surface area contributed by atoms with Crippen molar-refractivity contribution in [1.29, 1.82) is 0 Å². The summed E-state index contributed by atoms with van der Waals surface area (Å²) in [5.41, 5.74) is 11.7. The number of hydrogen-bond donors (Lipinski definition) is 3. The molecule has 7 nitrogen and oxygen atoms in total. The monoisotopic (exact) mass is 522 g/mol. The second-order valence-electron chi connectivity index (χ2n) is 10.9. The Morgan fingerprint density at radius 1 is 1.14 bits per heavy atom. The number of aryl methyl sites for hydroxylation is 1. The number of nitrogens with zero attached hydrogens (tertiary/aromatic N) is 2. The lowest BCUT2D eigenvalue weighted by molar-refractivity contribution is 0.0696. The number of nitrogens with one attached hydrogen (secondary N) is 1. The van der Waals surface area contributed by atoms with Gasteiger partial charge in [-0.3, -0.25) is 4.72 Å². The van der Waals surface area contributed by atoms with E-state index < -0.39 is 5.97 Å². The highest BCUT2D eigenvalue weighted by atomic mass is 32.2. The van der Waals surface area contributed by atoms with Crippen molar-refractivity contribution in [3.05, 3.63) is 64.7 Å². The fourth-order valence-electron chi connectivity index (χ4n) is 4.25. The maximum atomic E-state index is 11.4. The average molecular weight is 523 g/mol. The standard InChI is InChI=1S/C29H38N4O3S/c1-17(2)23-13-8-10-18(3)24(23)25-19(4)26(36-16-21(30)15-29(5,6)7)32-28(31-25)33-37-22-12-9-11-20(14-22)27(34)35/h8-14,17,21H,15-16,30H2,1-7H3,(H,34,35)(H,31,32,33)/t21-/m1/s1. The van der Waals surface area contributed by atoms with Crippen LogP contribution in [0.4, 0.5) is 5.95 Å². The van der Waals surface area contributed by atoms with E-state index in [1.54, 1.807) is 18.2 Å². The van der Waals surface area contributed by atoms with Gasteiger partial charge in [0, 0.05) is 22.1 Å². The number of carbonyl (C=O) groups is 1. The minimum atomic E-state index is -0.973. The van der Waals surface area contributed by atoms with Gasteiger partial charge in [-0.2, -0.15) is 4.98 Å². The van der Waals surface area contributed by atoms with Crippen LogP contribution in [0.1, 0.15) is 74.0 Å².